The number of hydrogen-bond donors (Lipinski definition) is 3. The summed E-state index contributed by atoms with van der Waals surface area (Å²) in [5, 5.41) is 8.32. The number of para-hydroxylation sites is 2. The number of amides is 3. The monoisotopic (exact) mass is 553 g/mol. The van der Waals surface area contributed by atoms with E-state index in [1.165, 1.54) is 18.2 Å². The van der Waals surface area contributed by atoms with Crippen LogP contribution in [0.25, 0.3) is 0 Å². The van der Waals surface area contributed by atoms with E-state index in [2.05, 4.69) is 25.8 Å². The minimum absolute atomic E-state index is 0.00381. The minimum atomic E-state index is -0.570. The van der Waals surface area contributed by atoms with Crippen molar-refractivity contribution in [2.75, 3.05) is 53.7 Å². The van der Waals surface area contributed by atoms with Gasteiger partial charge in [0.15, 0.2) is 0 Å². The number of carbonyl (C=O) groups is 2. The van der Waals surface area contributed by atoms with Crippen molar-refractivity contribution >= 4 is 46.3 Å². The number of halogens is 2. The molecule has 1 unspecified atom stereocenters. The number of rotatable bonds is 8. The lowest BCUT2D eigenvalue weighted by molar-refractivity contribution is 0.0939. The lowest BCUT2D eigenvalue weighted by Gasteiger charge is -2.38. The maximum atomic E-state index is 13.4. The molecule has 8 nitrogen and oxygen atoms in total. The van der Waals surface area contributed by atoms with Crippen LogP contribution in [0.1, 0.15) is 30.6 Å². The van der Waals surface area contributed by atoms with E-state index >= 15 is 0 Å². The Balaban J connectivity index is 1.52. The van der Waals surface area contributed by atoms with Crippen LogP contribution in [0.2, 0.25) is 5.02 Å². The lowest BCUT2D eigenvalue weighted by Crippen LogP contribution is -2.47. The van der Waals surface area contributed by atoms with E-state index in [1.54, 1.807) is 19.2 Å². The number of urea groups is 1. The van der Waals surface area contributed by atoms with Crippen molar-refractivity contribution in [2.24, 2.45) is 0 Å². The average molecular weight is 554 g/mol. The summed E-state index contributed by atoms with van der Waals surface area (Å²) in [6.45, 7) is 6.89. The summed E-state index contributed by atoms with van der Waals surface area (Å²) in [5.41, 5.74) is 3.11. The molecule has 3 N–H and O–H groups in total. The molecule has 4 rings (SSSR count). The SMILES string of the molecule is CCC(C)NC(=O)c1cc(NC(=O)Nc2ccc(F)c(Cl)c2)ccc1N1CCN(c2ccccc2OC)CC1. The Kier molecular flexibility index (Phi) is 9.14. The molecule has 1 atom stereocenters. The molecular weight excluding hydrogens is 521 g/mol. The molecule has 39 heavy (non-hydrogen) atoms. The molecule has 0 bridgehead atoms. The molecule has 1 aliphatic rings. The molecule has 206 valence electrons. The highest BCUT2D eigenvalue weighted by molar-refractivity contribution is 6.31. The maximum absolute atomic E-state index is 13.4. The average Bonchev–Trinajstić information content (AvgIpc) is 2.95. The van der Waals surface area contributed by atoms with E-state index in [0.717, 1.165) is 36.6 Å². The summed E-state index contributed by atoms with van der Waals surface area (Å²) in [6.07, 6.45) is 0.791. The number of benzene rings is 3. The number of methoxy groups -OCH3 is 1. The van der Waals surface area contributed by atoms with E-state index in [0.29, 0.717) is 30.0 Å². The van der Waals surface area contributed by atoms with E-state index in [1.807, 2.05) is 44.2 Å². The predicted molar refractivity (Wildman–Crippen MR) is 155 cm³/mol. The van der Waals surface area contributed by atoms with Gasteiger partial charge in [0, 0.05) is 49.3 Å². The zero-order chi connectivity index (χ0) is 27.9. The number of carbonyl (C=O) groups excluding carboxylic acids is 2. The molecule has 0 saturated carbocycles. The van der Waals surface area contributed by atoms with E-state index in [4.69, 9.17) is 16.3 Å². The quantitative estimate of drug-likeness (QED) is 0.319. The first-order valence-electron chi connectivity index (χ1n) is 12.9. The van der Waals surface area contributed by atoms with Crippen LogP contribution >= 0.6 is 11.6 Å². The normalized spacial score (nSPS) is 14.0. The number of anilines is 4. The van der Waals surface area contributed by atoms with Crippen molar-refractivity contribution < 1.29 is 18.7 Å². The van der Waals surface area contributed by atoms with Crippen LogP contribution in [0, 0.1) is 5.82 Å². The van der Waals surface area contributed by atoms with Gasteiger partial charge in [-0.2, -0.15) is 0 Å². The molecule has 10 heteroatoms. The molecule has 1 saturated heterocycles. The van der Waals surface area contributed by atoms with Crippen LogP contribution in [-0.2, 0) is 0 Å². The Morgan fingerprint density at radius 1 is 0.949 bits per heavy atom. The van der Waals surface area contributed by atoms with Crippen molar-refractivity contribution in [3.8, 4) is 5.75 Å². The fourth-order valence-corrected chi connectivity index (χ4v) is 4.60. The van der Waals surface area contributed by atoms with Crippen LogP contribution in [0.3, 0.4) is 0 Å². The Hall–Kier alpha value is -3.98. The number of piperazine rings is 1. The highest BCUT2D eigenvalue weighted by Crippen LogP contribution is 2.31. The molecular formula is C29H33ClFN5O3. The van der Waals surface area contributed by atoms with Crippen molar-refractivity contribution in [2.45, 2.75) is 26.3 Å². The molecule has 0 aliphatic carbocycles. The van der Waals surface area contributed by atoms with Crippen LogP contribution in [0.15, 0.2) is 60.7 Å². The van der Waals surface area contributed by atoms with Gasteiger partial charge in [-0.1, -0.05) is 30.7 Å². The fraction of sp³-hybridized carbons (Fsp3) is 0.310. The highest BCUT2D eigenvalue weighted by Gasteiger charge is 2.24. The lowest BCUT2D eigenvalue weighted by atomic mass is 10.1. The Morgan fingerprint density at radius 2 is 1.56 bits per heavy atom. The number of nitrogens with one attached hydrogen (secondary N) is 3. The second-order valence-corrected chi connectivity index (χ2v) is 9.78. The van der Waals surface area contributed by atoms with Crippen LogP contribution in [-0.4, -0.2) is 51.3 Å². The van der Waals surface area contributed by atoms with Gasteiger partial charge in [-0.05, 0) is 61.9 Å². The van der Waals surface area contributed by atoms with Gasteiger partial charge in [0.25, 0.3) is 5.91 Å². The second kappa shape index (κ2) is 12.7. The third-order valence-electron chi connectivity index (χ3n) is 6.71. The smallest absolute Gasteiger partial charge is 0.323 e. The molecule has 3 aromatic rings. The van der Waals surface area contributed by atoms with Crippen LogP contribution in [0.5, 0.6) is 5.75 Å². The van der Waals surface area contributed by atoms with Gasteiger partial charge in [0.05, 0.1) is 23.4 Å². The summed E-state index contributed by atoms with van der Waals surface area (Å²) < 4.78 is 19.0. The molecule has 1 aliphatic heterocycles. The Morgan fingerprint density at radius 3 is 2.21 bits per heavy atom. The van der Waals surface area contributed by atoms with Gasteiger partial charge in [0.1, 0.15) is 11.6 Å². The van der Waals surface area contributed by atoms with Crippen LogP contribution in [0.4, 0.5) is 31.9 Å². The largest absolute Gasteiger partial charge is 0.495 e. The van der Waals surface area contributed by atoms with E-state index in [9.17, 15) is 14.0 Å². The van der Waals surface area contributed by atoms with Gasteiger partial charge >= 0.3 is 6.03 Å². The van der Waals surface area contributed by atoms with Gasteiger partial charge in [0.2, 0.25) is 0 Å². The summed E-state index contributed by atoms with van der Waals surface area (Å²) in [4.78, 5) is 30.4. The molecule has 1 heterocycles. The van der Waals surface area contributed by atoms with Crippen molar-refractivity contribution in [1.82, 2.24) is 5.32 Å². The van der Waals surface area contributed by atoms with E-state index < -0.39 is 11.8 Å². The first-order valence-corrected chi connectivity index (χ1v) is 13.3. The van der Waals surface area contributed by atoms with Gasteiger partial charge in [-0.15, -0.1) is 0 Å². The summed E-state index contributed by atoms with van der Waals surface area (Å²) in [6, 6.07) is 16.6. The molecule has 0 aromatic heterocycles. The summed E-state index contributed by atoms with van der Waals surface area (Å²) in [5.74, 6) is 0.0518. The molecule has 0 spiro atoms. The van der Waals surface area contributed by atoms with Gasteiger partial charge in [-0.25, -0.2) is 9.18 Å². The van der Waals surface area contributed by atoms with Crippen LogP contribution < -0.4 is 30.5 Å². The molecule has 1 fully saturated rings. The fourth-order valence-electron chi connectivity index (χ4n) is 4.42. The summed E-state index contributed by atoms with van der Waals surface area (Å²) in [7, 11) is 1.67. The van der Waals surface area contributed by atoms with Crippen molar-refractivity contribution in [3.05, 3.63) is 77.1 Å². The third kappa shape index (κ3) is 6.92. The second-order valence-electron chi connectivity index (χ2n) is 9.37. The van der Waals surface area contributed by atoms with Gasteiger partial charge < -0.3 is 30.5 Å². The van der Waals surface area contributed by atoms with E-state index in [-0.39, 0.29) is 17.0 Å². The Bertz CT molecular complexity index is 1330. The zero-order valence-corrected chi connectivity index (χ0v) is 23.0. The molecule has 3 amide bonds. The number of ether oxygens (including phenoxy) is 1. The Labute approximate surface area is 233 Å². The summed E-state index contributed by atoms with van der Waals surface area (Å²) >= 11 is 5.81. The van der Waals surface area contributed by atoms with Crippen molar-refractivity contribution in [3.63, 3.8) is 0 Å². The zero-order valence-electron chi connectivity index (χ0n) is 22.3. The highest BCUT2D eigenvalue weighted by atomic mass is 35.5. The first kappa shape index (κ1) is 28.0. The number of nitrogens with zero attached hydrogens (tertiary/aromatic N) is 2. The van der Waals surface area contributed by atoms with Crippen molar-refractivity contribution in [1.29, 1.82) is 0 Å². The predicted octanol–water partition coefficient (Wildman–Crippen LogP) is 5.99. The minimum Gasteiger partial charge on any atom is -0.495 e. The molecule has 3 aromatic carbocycles. The third-order valence-corrected chi connectivity index (χ3v) is 7.00. The maximum Gasteiger partial charge on any atom is 0.323 e. The topological polar surface area (TPSA) is 85.9 Å². The standard InChI is InChI=1S/C29H33ClFN5O3/c1-4-19(2)32-28(37)22-17-20(33-29(38)34-21-9-11-24(31)23(30)18-21)10-12-25(22)35-13-15-36(16-14-35)26-7-5-6-8-27(26)39-3/h5-12,17-19H,4,13-16H2,1-3H3,(H,32,37)(H2,33,34,38). The first-order chi connectivity index (χ1) is 18.8. The molecule has 0 radical (unpaired) electrons. The van der Waals surface area contributed by atoms with Gasteiger partial charge in [-0.3, -0.25) is 4.79 Å². The number of hydrogen-bond acceptors (Lipinski definition) is 5.